The van der Waals surface area contributed by atoms with E-state index in [9.17, 15) is 13.6 Å². The summed E-state index contributed by atoms with van der Waals surface area (Å²) in [6, 6.07) is 13.4. The van der Waals surface area contributed by atoms with Crippen molar-refractivity contribution >= 4 is 12.0 Å². The van der Waals surface area contributed by atoms with Gasteiger partial charge >= 0.3 is 0 Å². The Bertz CT molecular complexity index is 977. The van der Waals surface area contributed by atoms with E-state index in [-0.39, 0.29) is 30.6 Å². The number of benzene rings is 2. The van der Waals surface area contributed by atoms with E-state index in [0.717, 1.165) is 0 Å². The third-order valence-corrected chi connectivity index (χ3v) is 3.73. The fourth-order valence-corrected chi connectivity index (χ4v) is 2.34. The first-order chi connectivity index (χ1) is 14.1. The highest BCUT2D eigenvalue weighted by Gasteiger charge is 2.05. The lowest BCUT2D eigenvalue weighted by Crippen LogP contribution is -2.26. The lowest BCUT2D eigenvalue weighted by molar-refractivity contribution is -0.116. The van der Waals surface area contributed by atoms with Crippen molar-refractivity contribution in [2.75, 3.05) is 13.2 Å². The van der Waals surface area contributed by atoms with Crippen LogP contribution in [0.5, 0.6) is 17.2 Å². The molecule has 0 aliphatic heterocycles. The number of carbonyl (C=O) groups is 1. The molecule has 0 spiro atoms. The SMILES string of the molecule is O=C(/C=C/c1ccc(Oc2cccnc2)c(F)c1)NCCOc1ccc(F)cc1. The molecule has 0 aliphatic carbocycles. The van der Waals surface area contributed by atoms with E-state index in [4.69, 9.17) is 9.47 Å². The molecule has 2 aromatic carbocycles. The molecule has 3 rings (SSSR count). The van der Waals surface area contributed by atoms with Crippen molar-refractivity contribution < 1.29 is 23.0 Å². The Balaban J connectivity index is 1.45. The number of carbonyl (C=O) groups excluding carboxylic acids is 1. The molecule has 0 aliphatic rings. The number of amides is 1. The zero-order chi connectivity index (χ0) is 20.5. The molecule has 0 radical (unpaired) electrons. The van der Waals surface area contributed by atoms with Crippen LogP contribution in [0.3, 0.4) is 0 Å². The molecule has 0 saturated carbocycles. The van der Waals surface area contributed by atoms with Crippen LogP contribution in [0, 0.1) is 11.6 Å². The van der Waals surface area contributed by atoms with E-state index >= 15 is 0 Å². The van der Waals surface area contributed by atoms with Crippen LogP contribution in [-0.4, -0.2) is 24.0 Å². The van der Waals surface area contributed by atoms with Gasteiger partial charge in [-0.05, 0) is 60.2 Å². The molecule has 29 heavy (non-hydrogen) atoms. The lowest BCUT2D eigenvalue weighted by atomic mass is 10.2. The topological polar surface area (TPSA) is 60.5 Å². The third kappa shape index (κ3) is 6.42. The molecule has 3 aromatic rings. The van der Waals surface area contributed by atoms with E-state index in [1.54, 1.807) is 24.4 Å². The first-order valence-corrected chi connectivity index (χ1v) is 8.82. The summed E-state index contributed by atoms with van der Waals surface area (Å²) in [6.07, 6.45) is 5.87. The van der Waals surface area contributed by atoms with Gasteiger partial charge in [0, 0.05) is 12.3 Å². The smallest absolute Gasteiger partial charge is 0.244 e. The second-order valence-corrected chi connectivity index (χ2v) is 5.91. The van der Waals surface area contributed by atoms with Crippen molar-refractivity contribution in [1.82, 2.24) is 10.3 Å². The van der Waals surface area contributed by atoms with Crippen molar-refractivity contribution in [3.63, 3.8) is 0 Å². The molecule has 1 heterocycles. The van der Waals surface area contributed by atoms with E-state index in [0.29, 0.717) is 17.1 Å². The minimum Gasteiger partial charge on any atom is -0.492 e. The molecule has 1 aromatic heterocycles. The number of pyridine rings is 1. The highest BCUT2D eigenvalue weighted by molar-refractivity contribution is 5.91. The van der Waals surface area contributed by atoms with Gasteiger partial charge in [0.25, 0.3) is 0 Å². The van der Waals surface area contributed by atoms with Gasteiger partial charge in [0.1, 0.15) is 23.9 Å². The van der Waals surface area contributed by atoms with Gasteiger partial charge in [0.05, 0.1) is 12.7 Å². The van der Waals surface area contributed by atoms with Crippen LogP contribution in [0.1, 0.15) is 5.56 Å². The summed E-state index contributed by atoms with van der Waals surface area (Å²) in [5.41, 5.74) is 0.513. The predicted molar refractivity (Wildman–Crippen MR) is 105 cm³/mol. The zero-order valence-electron chi connectivity index (χ0n) is 15.3. The normalized spacial score (nSPS) is 10.7. The number of hydrogen-bond acceptors (Lipinski definition) is 4. The second kappa shape index (κ2) is 9.98. The van der Waals surface area contributed by atoms with E-state index < -0.39 is 5.82 Å². The summed E-state index contributed by atoms with van der Waals surface area (Å²) in [7, 11) is 0. The van der Waals surface area contributed by atoms with Crippen molar-refractivity contribution in [3.8, 4) is 17.2 Å². The Morgan fingerprint density at radius 2 is 1.90 bits per heavy atom. The maximum Gasteiger partial charge on any atom is 0.244 e. The molecule has 7 heteroatoms. The minimum absolute atomic E-state index is 0.0672. The molecule has 0 fully saturated rings. The van der Waals surface area contributed by atoms with Gasteiger partial charge in [-0.1, -0.05) is 6.07 Å². The molecule has 0 atom stereocenters. The third-order valence-electron chi connectivity index (χ3n) is 3.73. The van der Waals surface area contributed by atoms with Crippen molar-refractivity contribution in [3.05, 3.63) is 90.3 Å². The first-order valence-electron chi connectivity index (χ1n) is 8.82. The van der Waals surface area contributed by atoms with Crippen molar-refractivity contribution in [1.29, 1.82) is 0 Å². The Labute approximate surface area is 166 Å². The molecule has 0 unspecified atom stereocenters. The van der Waals surface area contributed by atoms with Crippen LogP contribution in [0.2, 0.25) is 0 Å². The number of rotatable bonds is 8. The molecule has 148 valence electrons. The molecule has 1 amide bonds. The summed E-state index contributed by atoms with van der Waals surface area (Å²) >= 11 is 0. The number of nitrogens with zero attached hydrogens (tertiary/aromatic N) is 1. The fraction of sp³-hybridized carbons (Fsp3) is 0.0909. The van der Waals surface area contributed by atoms with E-state index in [1.807, 2.05) is 0 Å². The van der Waals surface area contributed by atoms with Gasteiger partial charge in [-0.3, -0.25) is 9.78 Å². The van der Waals surface area contributed by atoms with Crippen LogP contribution < -0.4 is 14.8 Å². The van der Waals surface area contributed by atoms with E-state index in [2.05, 4.69) is 10.3 Å². The standard InChI is InChI=1S/C22H18F2N2O3/c23-17-5-7-18(8-6-17)28-13-12-26-22(27)10-4-16-3-9-21(20(24)14-16)29-19-2-1-11-25-15-19/h1-11,14-15H,12-13H2,(H,26,27)/b10-4+. The highest BCUT2D eigenvalue weighted by Crippen LogP contribution is 2.24. The average molecular weight is 396 g/mol. The number of hydrogen-bond donors (Lipinski definition) is 1. The van der Waals surface area contributed by atoms with Gasteiger partial charge in [-0.25, -0.2) is 8.78 Å². The number of aromatic nitrogens is 1. The van der Waals surface area contributed by atoms with Crippen molar-refractivity contribution in [2.45, 2.75) is 0 Å². The lowest BCUT2D eigenvalue weighted by Gasteiger charge is -2.07. The van der Waals surface area contributed by atoms with Gasteiger partial charge in [-0.15, -0.1) is 0 Å². The zero-order valence-corrected chi connectivity index (χ0v) is 15.3. The molecular weight excluding hydrogens is 378 g/mol. The summed E-state index contributed by atoms with van der Waals surface area (Å²) in [4.78, 5) is 15.7. The van der Waals surface area contributed by atoms with Gasteiger partial charge < -0.3 is 14.8 Å². The van der Waals surface area contributed by atoms with E-state index in [1.165, 1.54) is 54.7 Å². The van der Waals surface area contributed by atoms with Gasteiger partial charge in [0.15, 0.2) is 11.6 Å². The summed E-state index contributed by atoms with van der Waals surface area (Å²) in [5.74, 6) is -0.230. The quantitative estimate of drug-likeness (QED) is 0.454. The maximum atomic E-state index is 14.2. The summed E-state index contributed by atoms with van der Waals surface area (Å²) < 4.78 is 37.8. The molecule has 1 N–H and O–H groups in total. The van der Waals surface area contributed by atoms with Crippen LogP contribution in [0.15, 0.2) is 73.1 Å². The van der Waals surface area contributed by atoms with Crippen LogP contribution >= 0.6 is 0 Å². The number of ether oxygens (including phenoxy) is 2. The molecule has 0 bridgehead atoms. The minimum atomic E-state index is -0.552. The first kappa shape index (κ1) is 20.0. The maximum absolute atomic E-state index is 14.2. The molecular formula is C22H18F2N2O3. The molecule has 5 nitrogen and oxygen atoms in total. The highest BCUT2D eigenvalue weighted by atomic mass is 19.1. The monoisotopic (exact) mass is 396 g/mol. The van der Waals surface area contributed by atoms with Gasteiger partial charge in [-0.2, -0.15) is 0 Å². The Morgan fingerprint density at radius 1 is 1.07 bits per heavy atom. The Morgan fingerprint density at radius 3 is 2.62 bits per heavy atom. The summed E-state index contributed by atoms with van der Waals surface area (Å²) in [6.45, 7) is 0.507. The number of halogens is 2. The van der Waals surface area contributed by atoms with Crippen molar-refractivity contribution in [2.24, 2.45) is 0 Å². The van der Waals surface area contributed by atoms with Crippen LogP contribution in [0.25, 0.3) is 6.08 Å². The Hall–Kier alpha value is -3.74. The van der Waals surface area contributed by atoms with Crippen LogP contribution in [0.4, 0.5) is 8.78 Å². The molecule has 0 saturated heterocycles. The van der Waals surface area contributed by atoms with Gasteiger partial charge in [0.2, 0.25) is 5.91 Å². The Kier molecular flexibility index (Phi) is 6.89. The number of nitrogens with one attached hydrogen (secondary N) is 1. The average Bonchev–Trinajstić information content (AvgIpc) is 2.73. The fourth-order valence-electron chi connectivity index (χ4n) is 2.34. The summed E-state index contributed by atoms with van der Waals surface area (Å²) in [5, 5.41) is 2.64. The largest absolute Gasteiger partial charge is 0.492 e. The second-order valence-electron chi connectivity index (χ2n) is 5.91. The van der Waals surface area contributed by atoms with Crippen LogP contribution in [-0.2, 0) is 4.79 Å². The predicted octanol–water partition coefficient (Wildman–Crippen LogP) is 4.36.